The van der Waals surface area contributed by atoms with Crippen LogP contribution in [0.3, 0.4) is 0 Å². The molecule has 1 N–H and O–H groups in total. The van der Waals surface area contributed by atoms with E-state index in [0.29, 0.717) is 39.3 Å². The molecule has 1 aliphatic rings. The molecule has 2 amide bonds. The molecule has 4 rings (SSSR count). The van der Waals surface area contributed by atoms with Crippen molar-refractivity contribution >= 4 is 40.4 Å². The number of methoxy groups -OCH3 is 1. The first-order valence-corrected chi connectivity index (χ1v) is 10.3. The van der Waals surface area contributed by atoms with Crippen LogP contribution in [-0.4, -0.2) is 63.4 Å². The van der Waals surface area contributed by atoms with Crippen molar-refractivity contribution in [3.8, 4) is 5.75 Å². The van der Waals surface area contributed by atoms with E-state index in [-0.39, 0.29) is 13.1 Å². The molecule has 1 aromatic carbocycles. The van der Waals surface area contributed by atoms with E-state index in [0.717, 1.165) is 5.56 Å². The minimum Gasteiger partial charge on any atom is -0.497 e. The van der Waals surface area contributed by atoms with Crippen LogP contribution in [0.25, 0.3) is 11.2 Å². The highest BCUT2D eigenvalue weighted by atomic mass is 35.5. The van der Waals surface area contributed by atoms with Gasteiger partial charge in [-0.1, -0.05) is 29.3 Å². The summed E-state index contributed by atoms with van der Waals surface area (Å²) >= 11 is 12.2. The highest BCUT2D eigenvalue weighted by molar-refractivity contribution is 6.31. The molecule has 11 heteroatoms. The lowest BCUT2D eigenvalue weighted by Crippen LogP contribution is -2.39. The molecule has 0 saturated carbocycles. The van der Waals surface area contributed by atoms with Crippen LogP contribution in [0.5, 0.6) is 5.75 Å². The number of nitrogens with one attached hydrogen (secondary N) is 1. The number of H-pyrrole nitrogens is 1. The Bertz CT molecular complexity index is 1110. The number of fused-ring (bicyclic) bond motifs is 1. The Balaban J connectivity index is 1.54. The number of carbonyl (C=O) groups is 1. The second kappa shape index (κ2) is 8.84. The summed E-state index contributed by atoms with van der Waals surface area (Å²) in [5.41, 5.74) is 1.86. The van der Waals surface area contributed by atoms with E-state index in [4.69, 9.17) is 27.9 Å². The van der Waals surface area contributed by atoms with Crippen LogP contribution in [0.1, 0.15) is 11.4 Å². The molecule has 2 aromatic heterocycles. The van der Waals surface area contributed by atoms with E-state index in [1.165, 1.54) is 16.9 Å². The number of amides is 2. The molecular weight excluding hydrogens is 451 g/mol. The van der Waals surface area contributed by atoms with Crippen molar-refractivity contribution in [1.29, 1.82) is 0 Å². The molecule has 164 valence electrons. The van der Waals surface area contributed by atoms with Crippen LogP contribution >= 0.6 is 23.2 Å². The van der Waals surface area contributed by atoms with Crippen molar-refractivity contribution in [2.75, 3.05) is 20.2 Å². The fraction of sp³-hybridized carbons (Fsp3) is 0.350. The Labute approximate surface area is 186 Å². The maximum atomic E-state index is 13.2. The van der Waals surface area contributed by atoms with Gasteiger partial charge in [-0.15, -0.1) is 0 Å². The Kier molecular flexibility index (Phi) is 6.15. The van der Waals surface area contributed by atoms with Gasteiger partial charge in [-0.25, -0.2) is 23.5 Å². The van der Waals surface area contributed by atoms with E-state index in [2.05, 4.69) is 15.0 Å². The zero-order valence-electron chi connectivity index (χ0n) is 16.5. The van der Waals surface area contributed by atoms with Crippen LogP contribution in [0.15, 0.2) is 30.3 Å². The number of alkyl halides is 2. The smallest absolute Gasteiger partial charge is 0.321 e. The molecule has 3 heterocycles. The number of nitrogens with zero attached hydrogens (tertiary/aromatic N) is 4. The van der Waals surface area contributed by atoms with E-state index in [1.54, 1.807) is 30.3 Å². The molecule has 0 radical (unpaired) electrons. The number of carbonyl (C=O) groups excluding carboxylic acids is 1. The molecule has 0 aliphatic carbocycles. The van der Waals surface area contributed by atoms with Gasteiger partial charge in [0.1, 0.15) is 16.7 Å². The minimum atomic E-state index is -2.64. The number of pyridine rings is 1. The predicted molar refractivity (Wildman–Crippen MR) is 113 cm³/mol. The maximum Gasteiger partial charge on any atom is 0.321 e. The van der Waals surface area contributed by atoms with Crippen LogP contribution in [-0.2, 0) is 13.0 Å². The standard InChI is InChI=1S/C20H19Cl2F2N5O2/c1-31-13-3-2-11(14(21)7-13)6-12-8-28(20(30)29(12)9-17(23)24)10-18-25-15-4-5-16(22)26-19(15)27-18/h2-5,7,12,17H,6,8-10H2,1H3,(H,25,26,27). The van der Waals surface area contributed by atoms with Gasteiger partial charge in [-0.05, 0) is 36.2 Å². The number of halogens is 4. The summed E-state index contributed by atoms with van der Waals surface area (Å²) in [7, 11) is 1.53. The summed E-state index contributed by atoms with van der Waals surface area (Å²) in [4.78, 5) is 27.1. The molecule has 0 spiro atoms. The summed E-state index contributed by atoms with van der Waals surface area (Å²) in [5, 5.41) is 0.768. The molecule has 3 aromatic rings. The SMILES string of the molecule is COc1ccc(CC2CN(Cc3nc4nc(Cl)ccc4[nH]3)C(=O)N2CC(F)F)c(Cl)c1. The molecule has 7 nitrogen and oxygen atoms in total. The minimum absolute atomic E-state index is 0.138. The van der Waals surface area contributed by atoms with Gasteiger partial charge in [0.05, 0.1) is 31.8 Å². The maximum absolute atomic E-state index is 13.2. The number of aromatic amines is 1. The number of hydrogen-bond acceptors (Lipinski definition) is 4. The Morgan fingerprint density at radius 2 is 2.06 bits per heavy atom. The fourth-order valence-electron chi connectivity index (χ4n) is 3.70. The van der Waals surface area contributed by atoms with Gasteiger partial charge in [-0.2, -0.15) is 0 Å². The quantitative estimate of drug-likeness (QED) is 0.520. The summed E-state index contributed by atoms with van der Waals surface area (Å²) < 4.78 is 31.5. The number of benzene rings is 1. The van der Waals surface area contributed by atoms with Crippen molar-refractivity contribution in [3.05, 3.63) is 51.9 Å². The van der Waals surface area contributed by atoms with Gasteiger partial charge in [0, 0.05) is 11.6 Å². The van der Waals surface area contributed by atoms with E-state index in [1.807, 2.05) is 0 Å². The molecule has 31 heavy (non-hydrogen) atoms. The predicted octanol–water partition coefficient (Wildman–Crippen LogP) is 4.39. The largest absolute Gasteiger partial charge is 0.497 e. The number of aromatic nitrogens is 3. The highest BCUT2D eigenvalue weighted by Gasteiger charge is 2.39. The van der Waals surface area contributed by atoms with Crippen LogP contribution < -0.4 is 4.74 Å². The molecule has 1 aliphatic heterocycles. The second-order valence-corrected chi connectivity index (χ2v) is 8.00. The van der Waals surface area contributed by atoms with Gasteiger partial charge in [-0.3, -0.25) is 0 Å². The first-order valence-electron chi connectivity index (χ1n) is 9.51. The van der Waals surface area contributed by atoms with Gasteiger partial charge in [0.15, 0.2) is 5.65 Å². The first-order chi connectivity index (χ1) is 14.8. The van der Waals surface area contributed by atoms with Crippen LogP contribution in [0, 0.1) is 0 Å². The lowest BCUT2D eigenvalue weighted by molar-refractivity contribution is 0.0928. The molecule has 1 saturated heterocycles. The second-order valence-electron chi connectivity index (χ2n) is 7.21. The molecule has 1 atom stereocenters. The Morgan fingerprint density at radius 3 is 2.77 bits per heavy atom. The monoisotopic (exact) mass is 469 g/mol. The van der Waals surface area contributed by atoms with Crippen molar-refractivity contribution in [1.82, 2.24) is 24.8 Å². The van der Waals surface area contributed by atoms with Gasteiger partial charge in [0.25, 0.3) is 6.43 Å². The molecule has 1 fully saturated rings. The third kappa shape index (κ3) is 4.67. The summed E-state index contributed by atoms with van der Waals surface area (Å²) in [6.45, 7) is -0.246. The number of rotatable bonds is 7. The Hall–Kier alpha value is -2.65. The number of ether oxygens (including phenoxy) is 1. The number of urea groups is 1. The first kappa shape index (κ1) is 21.6. The van der Waals surface area contributed by atoms with Crippen molar-refractivity contribution in [3.63, 3.8) is 0 Å². The normalized spacial score (nSPS) is 16.7. The van der Waals surface area contributed by atoms with Gasteiger partial charge >= 0.3 is 6.03 Å². The van der Waals surface area contributed by atoms with E-state index in [9.17, 15) is 13.6 Å². The number of hydrogen-bond donors (Lipinski definition) is 1. The van der Waals surface area contributed by atoms with E-state index >= 15 is 0 Å². The zero-order chi connectivity index (χ0) is 22.1. The molecule has 0 bridgehead atoms. The van der Waals surface area contributed by atoms with Gasteiger partial charge < -0.3 is 19.5 Å². The van der Waals surface area contributed by atoms with Crippen LogP contribution in [0.2, 0.25) is 10.2 Å². The Morgan fingerprint density at radius 1 is 1.26 bits per heavy atom. The fourth-order valence-corrected chi connectivity index (χ4v) is 4.09. The lowest BCUT2D eigenvalue weighted by Gasteiger charge is -2.23. The van der Waals surface area contributed by atoms with Crippen molar-refractivity contribution in [2.24, 2.45) is 0 Å². The number of imidazole rings is 1. The highest BCUT2D eigenvalue weighted by Crippen LogP contribution is 2.28. The third-order valence-corrected chi connectivity index (χ3v) is 5.70. The van der Waals surface area contributed by atoms with Gasteiger partial charge in [0.2, 0.25) is 0 Å². The molecular formula is C20H19Cl2F2N5O2. The summed E-state index contributed by atoms with van der Waals surface area (Å²) in [6, 6.07) is 7.64. The third-order valence-electron chi connectivity index (χ3n) is 5.14. The van der Waals surface area contributed by atoms with E-state index < -0.39 is 25.0 Å². The topological polar surface area (TPSA) is 74.3 Å². The lowest BCUT2D eigenvalue weighted by atomic mass is 10.1. The average Bonchev–Trinajstić information content (AvgIpc) is 3.24. The van der Waals surface area contributed by atoms with Crippen molar-refractivity contribution < 1.29 is 18.3 Å². The molecule has 1 unspecified atom stereocenters. The van der Waals surface area contributed by atoms with Crippen molar-refractivity contribution in [2.45, 2.75) is 25.4 Å². The summed E-state index contributed by atoms with van der Waals surface area (Å²) in [5.74, 6) is 1.10. The average molecular weight is 470 g/mol. The zero-order valence-corrected chi connectivity index (χ0v) is 18.0. The summed E-state index contributed by atoms with van der Waals surface area (Å²) in [6.07, 6.45) is -2.30. The van der Waals surface area contributed by atoms with Crippen LogP contribution in [0.4, 0.5) is 13.6 Å².